The largest absolute Gasteiger partial charge is 0.484 e. The summed E-state index contributed by atoms with van der Waals surface area (Å²) in [4.78, 5) is 29.8. The zero-order valence-electron chi connectivity index (χ0n) is 14.1. The molecule has 25 heavy (non-hydrogen) atoms. The molecule has 6 nitrogen and oxygen atoms in total. The smallest absolute Gasteiger partial charge is 0.261 e. The van der Waals surface area contributed by atoms with Gasteiger partial charge >= 0.3 is 0 Å². The molecule has 1 fully saturated rings. The van der Waals surface area contributed by atoms with E-state index < -0.39 is 5.91 Å². The molecule has 1 saturated carbocycles. The first-order chi connectivity index (χ1) is 12.1. The van der Waals surface area contributed by atoms with Crippen LogP contribution in [-0.2, 0) is 4.79 Å². The Kier molecular flexibility index (Phi) is 4.97. The van der Waals surface area contributed by atoms with E-state index in [0.717, 1.165) is 18.4 Å². The number of aromatic nitrogens is 1. The average Bonchev–Trinajstić information content (AvgIpc) is 3.46. The van der Waals surface area contributed by atoms with Crippen molar-refractivity contribution in [1.29, 1.82) is 0 Å². The first-order valence-corrected chi connectivity index (χ1v) is 8.30. The molecule has 1 aromatic heterocycles. The summed E-state index contributed by atoms with van der Waals surface area (Å²) < 4.78 is 5.59. The summed E-state index contributed by atoms with van der Waals surface area (Å²) in [5.74, 6) is -0.0196. The van der Waals surface area contributed by atoms with Crippen molar-refractivity contribution in [3.05, 3.63) is 59.9 Å². The second-order valence-electron chi connectivity index (χ2n) is 6.17. The first-order valence-electron chi connectivity index (χ1n) is 8.30. The van der Waals surface area contributed by atoms with Crippen molar-refractivity contribution < 1.29 is 14.3 Å². The maximum atomic E-state index is 12.7. The topological polar surface area (TPSA) is 85.5 Å². The number of ether oxygens (including phenoxy) is 1. The summed E-state index contributed by atoms with van der Waals surface area (Å²) >= 11 is 0. The lowest BCUT2D eigenvalue weighted by Crippen LogP contribution is -2.38. The van der Waals surface area contributed by atoms with Crippen LogP contribution in [0.4, 0.5) is 0 Å². The van der Waals surface area contributed by atoms with Gasteiger partial charge in [0.2, 0.25) is 5.91 Å². The van der Waals surface area contributed by atoms with Gasteiger partial charge < -0.3 is 15.4 Å². The molecule has 2 amide bonds. The van der Waals surface area contributed by atoms with Crippen LogP contribution in [0.5, 0.6) is 5.75 Å². The number of nitrogens with two attached hydrogens (primary N) is 1. The third-order valence-electron chi connectivity index (χ3n) is 4.31. The molecule has 0 aliphatic heterocycles. The molecule has 1 aliphatic carbocycles. The van der Waals surface area contributed by atoms with Gasteiger partial charge in [-0.25, -0.2) is 0 Å². The lowest BCUT2D eigenvalue weighted by atomic mass is 10.1. The molecule has 1 heterocycles. The highest BCUT2D eigenvalue weighted by atomic mass is 16.5. The Labute approximate surface area is 146 Å². The minimum Gasteiger partial charge on any atom is -0.484 e. The number of rotatable bonds is 7. The molecule has 1 aromatic carbocycles. The molecule has 130 valence electrons. The molecule has 0 bridgehead atoms. The van der Waals surface area contributed by atoms with E-state index in [4.69, 9.17) is 10.5 Å². The first kappa shape index (κ1) is 17.0. The number of hydrogen-bond donors (Lipinski definition) is 1. The van der Waals surface area contributed by atoms with Gasteiger partial charge in [-0.15, -0.1) is 0 Å². The summed E-state index contributed by atoms with van der Waals surface area (Å²) in [6.07, 6.45) is 5.54. The van der Waals surface area contributed by atoms with Crippen molar-refractivity contribution in [2.45, 2.75) is 31.8 Å². The van der Waals surface area contributed by atoms with Crippen LogP contribution < -0.4 is 10.5 Å². The summed E-state index contributed by atoms with van der Waals surface area (Å²) in [5, 5.41) is 0. The highest BCUT2D eigenvalue weighted by molar-refractivity contribution is 5.92. The Balaban J connectivity index is 1.64. The SMILES string of the molecule is CC(c1cccnc1)N(C(=O)COc1ccc(C(N)=O)cc1)C1CC1. The summed E-state index contributed by atoms with van der Waals surface area (Å²) in [7, 11) is 0. The molecular formula is C19H21N3O3. The fourth-order valence-corrected chi connectivity index (χ4v) is 2.81. The van der Waals surface area contributed by atoms with Gasteiger partial charge in [-0.2, -0.15) is 0 Å². The normalized spacial score (nSPS) is 14.6. The minimum absolute atomic E-state index is 0.0446. The van der Waals surface area contributed by atoms with Crippen molar-refractivity contribution >= 4 is 11.8 Å². The van der Waals surface area contributed by atoms with Crippen molar-refractivity contribution in [2.75, 3.05) is 6.61 Å². The number of amides is 2. The lowest BCUT2D eigenvalue weighted by Gasteiger charge is -2.29. The second-order valence-corrected chi connectivity index (χ2v) is 6.17. The van der Waals surface area contributed by atoms with E-state index in [-0.39, 0.29) is 24.6 Å². The predicted octanol–water partition coefficient (Wildman–Crippen LogP) is 2.31. The van der Waals surface area contributed by atoms with Gasteiger partial charge in [0.25, 0.3) is 5.91 Å². The Morgan fingerprint density at radius 3 is 2.56 bits per heavy atom. The van der Waals surface area contributed by atoms with Gasteiger partial charge in [0.1, 0.15) is 5.75 Å². The number of nitrogens with zero attached hydrogens (tertiary/aromatic N) is 2. The molecular weight excluding hydrogens is 318 g/mol. The number of carbonyl (C=O) groups excluding carboxylic acids is 2. The maximum absolute atomic E-state index is 12.7. The highest BCUT2D eigenvalue weighted by Crippen LogP contribution is 2.34. The van der Waals surface area contributed by atoms with Gasteiger partial charge in [-0.05, 0) is 55.7 Å². The van der Waals surface area contributed by atoms with Crippen LogP contribution in [0.25, 0.3) is 0 Å². The molecule has 2 N–H and O–H groups in total. The highest BCUT2D eigenvalue weighted by Gasteiger charge is 2.36. The molecule has 1 aliphatic rings. The van der Waals surface area contributed by atoms with Crippen LogP contribution in [0, 0.1) is 0 Å². The predicted molar refractivity (Wildman–Crippen MR) is 93.0 cm³/mol. The molecule has 6 heteroatoms. The van der Waals surface area contributed by atoms with Crippen LogP contribution in [0.2, 0.25) is 0 Å². The Hall–Kier alpha value is -2.89. The number of benzene rings is 1. The van der Waals surface area contributed by atoms with E-state index in [1.54, 1.807) is 36.7 Å². The molecule has 0 spiro atoms. The van der Waals surface area contributed by atoms with Crippen LogP contribution in [-0.4, -0.2) is 34.3 Å². The van der Waals surface area contributed by atoms with E-state index >= 15 is 0 Å². The summed E-state index contributed by atoms with van der Waals surface area (Å²) in [5.41, 5.74) is 6.62. The molecule has 1 unspecified atom stereocenters. The van der Waals surface area contributed by atoms with Gasteiger partial charge in [0, 0.05) is 24.0 Å². The summed E-state index contributed by atoms with van der Waals surface area (Å²) in [6, 6.07) is 10.5. The van der Waals surface area contributed by atoms with Crippen molar-refractivity contribution in [2.24, 2.45) is 5.73 Å². The second kappa shape index (κ2) is 7.34. The third kappa shape index (κ3) is 4.15. The average molecular weight is 339 g/mol. The molecule has 0 radical (unpaired) electrons. The zero-order valence-corrected chi connectivity index (χ0v) is 14.1. The van der Waals surface area contributed by atoms with Crippen LogP contribution in [0.1, 0.15) is 41.7 Å². The minimum atomic E-state index is -0.493. The van der Waals surface area contributed by atoms with Crippen molar-refractivity contribution in [3.63, 3.8) is 0 Å². The van der Waals surface area contributed by atoms with Gasteiger partial charge in [-0.1, -0.05) is 6.07 Å². The maximum Gasteiger partial charge on any atom is 0.261 e. The van der Waals surface area contributed by atoms with E-state index in [1.165, 1.54) is 0 Å². The fraction of sp³-hybridized carbons (Fsp3) is 0.316. The fourth-order valence-electron chi connectivity index (χ4n) is 2.81. The molecule has 3 rings (SSSR count). The number of carbonyl (C=O) groups is 2. The Morgan fingerprint density at radius 2 is 2.00 bits per heavy atom. The molecule has 1 atom stereocenters. The van der Waals surface area contributed by atoms with Crippen molar-refractivity contribution in [3.8, 4) is 5.75 Å². The standard InChI is InChI=1S/C19H21N3O3/c1-13(15-3-2-10-21-11-15)22(16-6-7-16)18(23)12-25-17-8-4-14(5-9-17)19(20)24/h2-5,8-11,13,16H,6-7,12H2,1H3,(H2,20,24). The molecule has 0 saturated heterocycles. The van der Waals surface area contributed by atoms with Gasteiger partial charge in [0.05, 0.1) is 6.04 Å². The van der Waals surface area contributed by atoms with Crippen LogP contribution in [0.15, 0.2) is 48.8 Å². The number of hydrogen-bond acceptors (Lipinski definition) is 4. The van der Waals surface area contributed by atoms with E-state index in [0.29, 0.717) is 11.3 Å². The van der Waals surface area contributed by atoms with Gasteiger partial charge in [0.15, 0.2) is 6.61 Å². The van der Waals surface area contributed by atoms with Crippen LogP contribution in [0.3, 0.4) is 0 Å². The van der Waals surface area contributed by atoms with E-state index in [2.05, 4.69) is 4.98 Å². The van der Waals surface area contributed by atoms with E-state index in [9.17, 15) is 9.59 Å². The quantitative estimate of drug-likeness (QED) is 0.839. The monoisotopic (exact) mass is 339 g/mol. The van der Waals surface area contributed by atoms with Gasteiger partial charge in [-0.3, -0.25) is 14.6 Å². The third-order valence-corrected chi connectivity index (χ3v) is 4.31. The van der Waals surface area contributed by atoms with Crippen LogP contribution >= 0.6 is 0 Å². The number of primary amides is 1. The lowest BCUT2D eigenvalue weighted by molar-refractivity contribution is -0.136. The zero-order chi connectivity index (χ0) is 17.8. The van der Waals surface area contributed by atoms with Crippen molar-refractivity contribution in [1.82, 2.24) is 9.88 Å². The summed E-state index contributed by atoms with van der Waals surface area (Å²) in [6.45, 7) is 1.96. The van der Waals surface area contributed by atoms with E-state index in [1.807, 2.05) is 24.0 Å². The Bertz CT molecular complexity index is 742. The molecule has 2 aromatic rings. The Morgan fingerprint density at radius 1 is 1.28 bits per heavy atom. The number of pyridine rings is 1.